The minimum absolute atomic E-state index is 0.0786. The van der Waals surface area contributed by atoms with Crippen molar-refractivity contribution in [1.29, 1.82) is 0 Å². The second-order valence-corrected chi connectivity index (χ2v) is 6.78. The number of esters is 1. The zero-order chi connectivity index (χ0) is 16.7. The molecule has 23 heavy (non-hydrogen) atoms. The number of aryl methyl sites for hydroxylation is 1. The van der Waals surface area contributed by atoms with Crippen LogP contribution in [0.3, 0.4) is 0 Å². The van der Waals surface area contributed by atoms with Gasteiger partial charge in [-0.3, -0.25) is 9.59 Å². The maximum atomic E-state index is 12.2. The monoisotopic (exact) mass is 395 g/mol. The summed E-state index contributed by atoms with van der Waals surface area (Å²) in [6.45, 7) is 0. The van der Waals surface area contributed by atoms with Gasteiger partial charge in [-0.2, -0.15) is 11.3 Å². The summed E-state index contributed by atoms with van der Waals surface area (Å²) in [5.41, 5.74) is 2.02. The lowest BCUT2D eigenvalue weighted by atomic mass is 10.0. The van der Waals surface area contributed by atoms with Crippen molar-refractivity contribution in [2.24, 2.45) is 0 Å². The second kappa shape index (κ2) is 8.84. The van der Waals surface area contributed by atoms with Gasteiger partial charge in [0.05, 0.1) is 19.6 Å². The predicted octanol–water partition coefficient (Wildman–Crippen LogP) is 3.86. The van der Waals surface area contributed by atoms with E-state index in [-0.39, 0.29) is 18.3 Å². The minimum atomic E-state index is -0.394. The fourth-order valence-corrected chi connectivity index (χ4v) is 3.30. The third-order valence-electron chi connectivity index (χ3n) is 3.41. The molecular formula is C17H18BrNO3S. The molecule has 0 radical (unpaired) electrons. The number of thiophene rings is 1. The van der Waals surface area contributed by atoms with Gasteiger partial charge in [-0.15, -0.1) is 0 Å². The van der Waals surface area contributed by atoms with Crippen molar-refractivity contribution >= 4 is 39.1 Å². The van der Waals surface area contributed by atoms with Gasteiger partial charge in [0.15, 0.2) is 0 Å². The van der Waals surface area contributed by atoms with Crippen molar-refractivity contribution in [2.45, 2.75) is 25.3 Å². The fraction of sp³-hybridized carbons (Fsp3) is 0.294. The smallest absolute Gasteiger partial charge is 0.307 e. The molecule has 6 heteroatoms. The summed E-state index contributed by atoms with van der Waals surface area (Å²) in [6, 6.07) is 9.18. The average Bonchev–Trinajstić information content (AvgIpc) is 3.05. The van der Waals surface area contributed by atoms with Gasteiger partial charge in [0, 0.05) is 10.9 Å². The van der Waals surface area contributed by atoms with Gasteiger partial charge >= 0.3 is 5.97 Å². The number of rotatable bonds is 7. The van der Waals surface area contributed by atoms with E-state index in [2.05, 4.69) is 21.2 Å². The van der Waals surface area contributed by atoms with Crippen LogP contribution in [0, 0.1) is 0 Å². The summed E-state index contributed by atoms with van der Waals surface area (Å²) < 4.78 is 5.63. The van der Waals surface area contributed by atoms with Crippen LogP contribution in [0.4, 0.5) is 0 Å². The highest BCUT2D eigenvalue weighted by Crippen LogP contribution is 2.21. The SMILES string of the molecule is COC(=O)CC(NC(=O)CCc1ccsc1)c1cccc(Br)c1. The molecule has 1 aromatic carbocycles. The van der Waals surface area contributed by atoms with Crippen LogP contribution in [-0.4, -0.2) is 19.0 Å². The molecule has 0 aliphatic rings. The van der Waals surface area contributed by atoms with Gasteiger partial charge in [-0.1, -0.05) is 28.1 Å². The summed E-state index contributed by atoms with van der Waals surface area (Å²) in [7, 11) is 1.35. The summed E-state index contributed by atoms with van der Waals surface area (Å²) in [5.74, 6) is -0.432. The number of halogens is 1. The third-order valence-corrected chi connectivity index (χ3v) is 4.63. The highest BCUT2D eigenvalue weighted by molar-refractivity contribution is 9.10. The van der Waals surface area contributed by atoms with E-state index >= 15 is 0 Å². The van der Waals surface area contributed by atoms with Gasteiger partial charge in [0.2, 0.25) is 5.91 Å². The maximum absolute atomic E-state index is 12.2. The maximum Gasteiger partial charge on any atom is 0.307 e. The standard InChI is InChI=1S/C17H18BrNO3S/c1-22-17(21)10-15(13-3-2-4-14(18)9-13)19-16(20)6-5-12-7-8-23-11-12/h2-4,7-9,11,15H,5-6,10H2,1H3,(H,19,20). The Morgan fingerprint density at radius 1 is 1.35 bits per heavy atom. The molecule has 1 heterocycles. The van der Waals surface area contributed by atoms with Crippen LogP contribution in [0.25, 0.3) is 0 Å². The number of carbonyl (C=O) groups excluding carboxylic acids is 2. The first-order valence-corrected chi connectivity index (χ1v) is 8.95. The zero-order valence-corrected chi connectivity index (χ0v) is 15.2. The molecule has 2 aromatic rings. The number of ether oxygens (including phenoxy) is 1. The Hall–Kier alpha value is -1.66. The van der Waals surface area contributed by atoms with Crippen LogP contribution in [0.5, 0.6) is 0 Å². The molecule has 0 saturated heterocycles. The van der Waals surface area contributed by atoms with Crippen molar-refractivity contribution < 1.29 is 14.3 Å². The highest BCUT2D eigenvalue weighted by atomic mass is 79.9. The van der Waals surface area contributed by atoms with E-state index in [1.165, 1.54) is 7.11 Å². The molecule has 1 aromatic heterocycles. The Labute approximate surface area is 148 Å². The molecule has 0 aliphatic carbocycles. The number of benzene rings is 1. The lowest BCUT2D eigenvalue weighted by Gasteiger charge is -2.18. The van der Waals surface area contributed by atoms with E-state index in [0.717, 1.165) is 15.6 Å². The van der Waals surface area contributed by atoms with Crippen LogP contribution >= 0.6 is 27.3 Å². The van der Waals surface area contributed by atoms with Crippen LogP contribution < -0.4 is 5.32 Å². The lowest BCUT2D eigenvalue weighted by Crippen LogP contribution is -2.30. The lowest BCUT2D eigenvalue weighted by molar-refractivity contribution is -0.141. The summed E-state index contributed by atoms with van der Waals surface area (Å²) in [5, 5.41) is 6.96. The molecule has 0 bridgehead atoms. The van der Waals surface area contributed by atoms with Gasteiger partial charge < -0.3 is 10.1 Å². The largest absolute Gasteiger partial charge is 0.469 e. The van der Waals surface area contributed by atoms with E-state index in [0.29, 0.717) is 12.8 Å². The van der Waals surface area contributed by atoms with Crippen molar-refractivity contribution in [1.82, 2.24) is 5.32 Å². The summed E-state index contributed by atoms with van der Waals surface area (Å²) in [6.07, 6.45) is 1.19. The van der Waals surface area contributed by atoms with Crippen LogP contribution in [0.2, 0.25) is 0 Å². The van der Waals surface area contributed by atoms with Crippen molar-refractivity contribution in [2.75, 3.05) is 7.11 Å². The zero-order valence-electron chi connectivity index (χ0n) is 12.8. The number of carbonyl (C=O) groups is 2. The normalized spacial score (nSPS) is 11.7. The van der Waals surface area contributed by atoms with Gasteiger partial charge in [-0.25, -0.2) is 0 Å². The average molecular weight is 396 g/mol. The van der Waals surface area contributed by atoms with Crippen molar-refractivity contribution in [3.05, 3.63) is 56.7 Å². The molecule has 2 rings (SSSR count). The Morgan fingerprint density at radius 3 is 2.83 bits per heavy atom. The second-order valence-electron chi connectivity index (χ2n) is 5.09. The first kappa shape index (κ1) is 17.7. The number of hydrogen-bond acceptors (Lipinski definition) is 4. The fourth-order valence-electron chi connectivity index (χ4n) is 2.18. The Balaban J connectivity index is 2.01. The summed E-state index contributed by atoms with van der Waals surface area (Å²) >= 11 is 5.03. The van der Waals surface area contributed by atoms with E-state index < -0.39 is 6.04 Å². The molecule has 0 aliphatic heterocycles. The Bertz CT molecular complexity index is 658. The van der Waals surface area contributed by atoms with Crippen molar-refractivity contribution in [3.63, 3.8) is 0 Å². The molecule has 0 fully saturated rings. The molecule has 4 nitrogen and oxygen atoms in total. The molecule has 1 N–H and O–H groups in total. The van der Waals surface area contributed by atoms with E-state index in [1.807, 2.05) is 41.1 Å². The molecule has 0 saturated carbocycles. The quantitative estimate of drug-likeness (QED) is 0.723. The molecular weight excluding hydrogens is 378 g/mol. The van der Waals surface area contributed by atoms with Gasteiger partial charge in [-0.05, 0) is 46.5 Å². The van der Waals surface area contributed by atoms with Crippen LogP contribution in [0.1, 0.15) is 30.0 Å². The molecule has 122 valence electrons. The van der Waals surface area contributed by atoms with E-state index in [4.69, 9.17) is 4.74 Å². The van der Waals surface area contributed by atoms with Gasteiger partial charge in [0.1, 0.15) is 0 Å². The molecule has 1 amide bonds. The van der Waals surface area contributed by atoms with Crippen molar-refractivity contribution in [3.8, 4) is 0 Å². The molecule has 0 spiro atoms. The Morgan fingerprint density at radius 2 is 2.17 bits per heavy atom. The topological polar surface area (TPSA) is 55.4 Å². The van der Waals surface area contributed by atoms with Gasteiger partial charge in [0.25, 0.3) is 0 Å². The Kier molecular flexibility index (Phi) is 6.80. The first-order valence-electron chi connectivity index (χ1n) is 7.21. The van der Waals surface area contributed by atoms with E-state index in [9.17, 15) is 9.59 Å². The molecule has 1 unspecified atom stereocenters. The van der Waals surface area contributed by atoms with Crippen LogP contribution in [0.15, 0.2) is 45.6 Å². The third kappa shape index (κ3) is 5.80. The number of methoxy groups -OCH3 is 1. The summed E-state index contributed by atoms with van der Waals surface area (Å²) in [4.78, 5) is 23.8. The highest BCUT2D eigenvalue weighted by Gasteiger charge is 2.19. The number of hydrogen-bond donors (Lipinski definition) is 1. The number of amides is 1. The van der Waals surface area contributed by atoms with Crippen LogP contribution in [-0.2, 0) is 20.7 Å². The van der Waals surface area contributed by atoms with E-state index in [1.54, 1.807) is 11.3 Å². The minimum Gasteiger partial charge on any atom is -0.469 e. The predicted molar refractivity (Wildman–Crippen MR) is 94.3 cm³/mol. The number of nitrogens with one attached hydrogen (secondary N) is 1. The first-order chi connectivity index (χ1) is 11.1. The molecule has 1 atom stereocenters.